The van der Waals surface area contributed by atoms with Crippen LogP contribution in [0.25, 0.3) is 0 Å². The third-order valence-electron chi connectivity index (χ3n) is 3.95. The van der Waals surface area contributed by atoms with E-state index in [-0.39, 0.29) is 5.91 Å². The van der Waals surface area contributed by atoms with Gasteiger partial charge in [0.2, 0.25) is 0 Å². The van der Waals surface area contributed by atoms with Crippen LogP contribution in [0.1, 0.15) is 11.9 Å². The van der Waals surface area contributed by atoms with Crippen LogP contribution in [-0.4, -0.2) is 72.3 Å². The standard InChI is InChI=1S/C14H21N3O3S/c1-14(13(18)17-4-6-19-7-5-17)11-16(3-8-20-14)10-12-15-2-9-21-12/h2,9H,3-8,10-11H2,1H3. The second-order valence-corrected chi connectivity index (χ2v) is 6.60. The summed E-state index contributed by atoms with van der Waals surface area (Å²) in [6.45, 7) is 7.27. The smallest absolute Gasteiger partial charge is 0.256 e. The first-order chi connectivity index (χ1) is 10.2. The molecule has 6 nitrogen and oxygen atoms in total. The second kappa shape index (κ2) is 6.39. The van der Waals surface area contributed by atoms with E-state index in [1.54, 1.807) is 11.3 Å². The number of carbonyl (C=O) groups is 1. The second-order valence-electron chi connectivity index (χ2n) is 5.62. The molecule has 0 saturated carbocycles. The van der Waals surface area contributed by atoms with Crippen LogP contribution < -0.4 is 0 Å². The van der Waals surface area contributed by atoms with Gasteiger partial charge in [0.05, 0.1) is 26.4 Å². The lowest BCUT2D eigenvalue weighted by molar-refractivity contribution is -0.171. The SMILES string of the molecule is CC1(C(=O)N2CCOCC2)CN(Cc2nccs2)CCO1. The Morgan fingerprint density at radius 2 is 2.19 bits per heavy atom. The number of morpholine rings is 2. The third-order valence-corrected chi connectivity index (χ3v) is 4.71. The molecule has 0 N–H and O–H groups in total. The zero-order valence-corrected chi connectivity index (χ0v) is 13.1. The van der Waals surface area contributed by atoms with Gasteiger partial charge in [-0.1, -0.05) is 0 Å². The topological polar surface area (TPSA) is 54.9 Å². The van der Waals surface area contributed by atoms with Gasteiger partial charge in [0, 0.05) is 37.8 Å². The van der Waals surface area contributed by atoms with E-state index in [4.69, 9.17) is 9.47 Å². The van der Waals surface area contributed by atoms with Gasteiger partial charge in [-0.3, -0.25) is 9.69 Å². The molecule has 1 aromatic rings. The Kier molecular flexibility index (Phi) is 4.54. The van der Waals surface area contributed by atoms with Gasteiger partial charge in [-0.2, -0.15) is 0 Å². The van der Waals surface area contributed by atoms with Gasteiger partial charge in [0.25, 0.3) is 5.91 Å². The molecular weight excluding hydrogens is 290 g/mol. The fraction of sp³-hybridized carbons (Fsp3) is 0.714. The van der Waals surface area contributed by atoms with Gasteiger partial charge in [-0.05, 0) is 6.92 Å². The first-order valence-electron chi connectivity index (χ1n) is 7.29. The summed E-state index contributed by atoms with van der Waals surface area (Å²) in [7, 11) is 0. The maximum atomic E-state index is 12.7. The summed E-state index contributed by atoms with van der Waals surface area (Å²) in [4.78, 5) is 21.2. The first kappa shape index (κ1) is 14.9. The average molecular weight is 311 g/mol. The molecule has 0 aromatic carbocycles. The minimum absolute atomic E-state index is 0.0784. The number of aromatic nitrogens is 1. The number of ether oxygens (including phenoxy) is 2. The molecular formula is C14H21N3O3S. The van der Waals surface area contributed by atoms with Crippen molar-refractivity contribution in [2.24, 2.45) is 0 Å². The number of hydrogen-bond acceptors (Lipinski definition) is 6. The van der Waals surface area contributed by atoms with Crippen molar-refractivity contribution in [3.8, 4) is 0 Å². The summed E-state index contributed by atoms with van der Waals surface area (Å²) in [5.41, 5.74) is -0.757. The van der Waals surface area contributed by atoms with Crippen molar-refractivity contribution >= 4 is 17.2 Å². The maximum absolute atomic E-state index is 12.7. The van der Waals surface area contributed by atoms with E-state index in [0.29, 0.717) is 39.5 Å². The highest BCUT2D eigenvalue weighted by atomic mass is 32.1. The van der Waals surface area contributed by atoms with Gasteiger partial charge in [-0.15, -0.1) is 11.3 Å². The van der Waals surface area contributed by atoms with E-state index in [2.05, 4.69) is 9.88 Å². The zero-order valence-electron chi connectivity index (χ0n) is 12.3. The number of carbonyl (C=O) groups excluding carboxylic acids is 1. The van der Waals surface area contributed by atoms with Crippen LogP contribution >= 0.6 is 11.3 Å². The monoisotopic (exact) mass is 311 g/mol. The third kappa shape index (κ3) is 3.42. The highest BCUT2D eigenvalue weighted by molar-refractivity contribution is 7.09. The molecule has 0 spiro atoms. The van der Waals surface area contributed by atoms with Crippen molar-refractivity contribution in [2.75, 3.05) is 46.0 Å². The number of rotatable bonds is 3. The minimum Gasteiger partial charge on any atom is -0.378 e. The van der Waals surface area contributed by atoms with Crippen molar-refractivity contribution < 1.29 is 14.3 Å². The van der Waals surface area contributed by atoms with Crippen molar-refractivity contribution in [3.63, 3.8) is 0 Å². The van der Waals surface area contributed by atoms with Gasteiger partial charge in [0.15, 0.2) is 5.60 Å². The highest BCUT2D eigenvalue weighted by Crippen LogP contribution is 2.23. The van der Waals surface area contributed by atoms with E-state index in [0.717, 1.165) is 18.1 Å². The summed E-state index contributed by atoms with van der Waals surface area (Å²) in [5, 5.41) is 3.06. The van der Waals surface area contributed by atoms with Crippen LogP contribution in [0.5, 0.6) is 0 Å². The van der Waals surface area contributed by atoms with Gasteiger partial charge in [0.1, 0.15) is 5.01 Å². The van der Waals surface area contributed by atoms with E-state index in [9.17, 15) is 4.79 Å². The minimum atomic E-state index is -0.757. The van der Waals surface area contributed by atoms with Crippen molar-refractivity contribution in [2.45, 2.75) is 19.1 Å². The fourth-order valence-electron chi connectivity index (χ4n) is 2.84. The predicted molar refractivity (Wildman–Crippen MR) is 79.1 cm³/mol. The maximum Gasteiger partial charge on any atom is 0.256 e. The Hall–Kier alpha value is -1.02. The predicted octanol–water partition coefficient (Wildman–Crippen LogP) is 0.593. The van der Waals surface area contributed by atoms with Crippen LogP contribution in [0.15, 0.2) is 11.6 Å². The molecule has 2 aliphatic rings. The normalized spacial score (nSPS) is 27.8. The molecule has 2 saturated heterocycles. The van der Waals surface area contributed by atoms with Crippen LogP contribution in [0.4, 0.5) is 0 Å². The molecule has 2 aliphatic heterocycles. The summed E-state index contributed by atoms with van der Waals surface area (Å²) >= 11 is 1.65. The summed E-state index contributed by atoms with van der Waals surface area (Å²) in [6.07, 6.45) is 1.82. The molecule has 1 aromatic heterocycles. The molecule has 1 atom stereocenters. The van der Waals surface area contributed by atoms with Crippen LogP contribution in [0.3, 0.4) is 0 Å². The van der Waals surface area contributed by atoms with Gasteiger partial charge >= 0.3 is 0 Å². The Labute approximate surface area is 128 Å². The molecule has 7 heteroatoms. The molecule has 3 rings (SSSR count). The molecule has 21 heavy (non-hydrogen) atoms. The zero-order chi connectivity index (χ0) is 14.7. The summed E-state index contributed by atoms with van der Waals surface area (Å²) < 4.78 is 11.1. The van der Waals surface area contributed by atoms with E-state index < -0.39 is 5.60 Å². The molecule has 1 amide bonds. The molecule has 3 heterocycles. The lowest BCUT2D eigenvalue weighted by Crippen LogP contribution is -2.60. The average Bonchev–Trinajstić information content (AvgIpc) is 3.00. The molecule has 1 unspecified atom stereocenters. The lowest BCUT2D eigenvalue weighted by atomic mass is 10.0. The van der Waals surface area contributed by atoms with Crippen molar-refractivity contribution in [3.05, 3.63) is 16.6 Å². The van der Waals surface area contributed by atoms with Crippen molar-refractivity contribution in [1.82, 2.24) is 14.8 Å². The molecule has 0 bridgehead atoms. The number of nitrogens with zero attached hydrogens (tertiary/aromatic N) is 3. The molecule has 0 aliphatic carbocycles. The van der Waals surface area contributed by atoms with Gasteiger partial charge in [-0.25, -0.2) is 4.98 Å². The van der Waals surface area contributed by atoms with Crippen LogP contribution in [-0.2, 0) is 20.8 Å². The number of hydrogen-bond donors (Lipinski definition) is 0. The Bertz CT molecular complexity index is 476. The lowest BCUT2D eigenvalue weighted by Gasteiger charge is -2.42. The van der Waals surface area contributed by atoms with E-state index in [1.807, 2.05) is 23.4 Å². The quantitative estimate of drug-likeness (QED) is 0.818. The van der Waals surface area contributed by atoms with Crippen LogP contribution in [0.2, 0.25) is 0 Å². The Morgan fingerprint density at radius 1 is 1.38 bits per heavy atom. The fourth-order valence-corrected chi connectivity index (χ4v) is 3.50. The van der Waals surface area contributed by atoms with E-state index >= 15 is 0 Å². The number of amides is 1. The molecule has 0 radical (unpaired) electrons. The molecule has 116 valence electrons. The number of thiazole rings is 1. The summed E-state index contributed by atoms with van der Waals surface area (Å²) in [6, 6.07) is 0. The largest absolute Gasteiger partial charge is 0.378 e. The van der Waals surface area contributed by atoms with Crippen LogP contribution in [0, 0.1) is 0 Å². The van der Waals surface area contributed by atoms with E-state index in [1.165, 1.54) is 0 Å². The Balaban J connectivity index is 1.64. The molecule has 2 fully saturated rings. The first-order valence-corrected chi connectivity index (χ1v) is 8.17. The van der Waals surface area contributed by atoms with Crippen molar-refractivity contribution in [1.29, 1.82) is 0 Å². The van der Waals surface area contributed by atoms with Gasteiger partial charge < -0.3 is 14.4 Å². The summed E-state index contributed by atoms with van der Waals surface area (Å²) in [5.74, 6) is 0.0784. The Morgan fingerprint density at radius 3 is 2.90 bits per heavy atom. The highest BCUT2D eigenvalue weighted by Gasteiger charge is 2.42.